The molecule has 0 radical (unpaired) electrons. The fourth-order valence-corrected chi connectivity index (χ4v) is 3.74. The highest BCUT2D eigenvalue weighted by Gasteiger charge is 2.37. The molecular formula is C26H24ClFN4O4. The number of hydrogen-bond donors (Lipinski definition) is 1. The Hall–Kier alpha value is -3.98. The van der Waals surface area contributed by atoms with Gasteiger partial charge in [-0.25, -0.2) is 0 Å². The Balaban J connectivity index is 1.56. The molecule has 10 heteroatoms. The Bertz CT molecular complexity index is 1300. The van der Waals surface area contributed by atoms with Gasteiger partial charge in [0.15, 0.2) is 5.92 Å². The smallest absolute Gasteiger partial charge is 0.320 e. The van der Waals surface area contributed by atoms with Crippen LogP contribution in [0.5, 0.6) is 11.6 Å². The van der Waals surface area contributed by atoms with Gasteiger partial charge in [0, 0.05) is 16.8 Å². The normalized spacial score (nSPS) is 15.3. The van der Waals surface area contributed by atoms with Crippen LogP contribution in [-0.2, 0) is 20.9 Å². The van der Waals surface area contributed by atoms with E-state index in [9.17, 15) is 14.0 Å². The number of carbonyl (C=O) groups is 2. The standard InChI is InChI=1S/C26H24ClFN4O4/c1-3-35-25(34)20-14-29-26(32(24(20)33)15-17-7-9-18(27)10-8-17)30-19-11-12-21(16(2)13-19)36-23-6-4-5-22(28)31-23/h4-13,20H,3,14-15H2,1-2H3,(H,29,30). The number of nitrogens with zero attached hydrogens (tertiary/aromatic N) is 3. The van der Waals surface area contributed by atoms with Crippen LogP contribution in [0.2, 0.25) is 5.02 Å². The molecule has 8 nitrogen and oxygen atoms in total. The molecule has 0 saturated heterocycles. The zero-order valence-corrected chi connectivity index (χ0v) is 20.5. The van der Waals surface area contributed by atoms with Crippen molar-refractivity contribution in [1.82, 2.24) is 9.88 Å². The quantitative estimate of drug-likeness (QED) is 0.274. The van der Waals surface area contributed by atoms with E-state index in [1.165, 1.54) is 17.0 Å². The Morgan fingerprint density at radius 2 is 1.97 bits per heavy atom. The van der Waals surface area contributed by atoms with Crippen molar-refractivity contribution in [3.63, 3.8) is 0 Å². The van der Waals surface area contributed by atoms with Crippen LogP contribution in [0.25, 0.3) is 0 Å². The van der Waals surface area contributed by atoms with E-state index >= 15 is 0 Å². The van der Waals surface area contributed by atoms with E-state index in [0.29, 0.717) is 22.4 Å². The van der Waals surface area contributed by atoms with E-state index in [4.69, 9.17) is 21.1 Å². The van der Waals surface area contributed by atoms with Crippen LogP contribution in [-0.4, -0.2) is 40.9 Å². The summed E-state index contributed by atoms with van der Waals surface area (Å²) in [5, 5.41) is 3.75. The van der Waals surface area contributed by atoms with Crippen LogP contribution in [0.3, 0.4) is 0 Å². The number of amides is 1. The van der Waals surface area contributed by atoms with E-state index in [1.807, 2.05) is 6.92 Å². The number of aliphatic imine (C=N–C) groups is 1. The SMILES string of the molecule is CCOC(=O)C1CN=C(Nc2ccc(Oc3cccc(F)n3)c(C)c2)N(Cc2ccc(Cl)cc2)C1=O. The van der Waals surface area contributed by atoms with E-state index in [2.05, 4.69) is 15.3 Å². The van der Waals surface area contributed by atoms with E-state index < -0.39 is 23.7 Å². The zero-order valence-electron chi connectivity index (χ0n) is 19.7. The average Bonchev–Trinajstić information content (AvgIpc) is 2.84. The van der Waals surface area contributed by atoms with Gasteiger partial charge < -0.3 is 14.8 Å². The van der Waals surface area contributed by atoms with Crippen LogP contribution < -0.4 is 10.1 Å². The zero-order chi connectivity index (χ0) is 25.7. The van der Waals surface area contributed by atoms with Crippen molar-refractivity contribution in [3.05, 3.63) is 82.8 Å². The Morgan fingerprint density at radius 3 is 2.67 bits per heavy atom. The van der Waals surface area contributed by atoms with Gasteiger partial charge in [0.05, 0.1) is 19.7 Å². The molecule has 0 bridgehead atoms. The van der Waals surface area contributed by atoms with Crippen molar-refractivity contribution in [1.29, 1.82) is 0 Å². The minimum absolute atomic E-state index is 0.0253. The molecule has 1 amide bonds. The first-order valence-corrected chi connectivity index (χ1v) is 11.7. The van der Waals surface area contributed by atoms with E-state index in [1.54, 1.807) is 55.5 Å². The first kappa shape index (κ1) is 25.1. The lowest BCUT2D eigenvalue weighted by atomic mass is 10.1. The van der Waals surface area contributed by atoms with Gasteiger partial charge in [-0.05, 0) is 61.4 Å². The molecular weight excluding hydrogens is 487 g/mol. The predicted molar refractivity (Wildman–Crippen MR) is 133 cm³/mol. The highest BCUT2D eigenvalue weighted by molar-refractivity contribution is 6.30. The van der Waals surface area contributed by atoms with Gasteiger partial charge in [-0.3, -0.25) is 19.5 Å². The number of halogens is 2. The van der Waals surface area contributed by atoms with Crippen molar-refractivity contribution in [3.8, 4) is 11.6 Å². The van der Waals surface area contributed by atoms with Crippen molar-refractivity contribution in [2.75, 3.05) is 18.5 Å². The monoisotopic (exact) mass is 510 g/mol. The number of pyridine rings is 1. The molecule has 0 spiro atoms. The molecule has 1 aliphatic heterocycles. The second-order valence-corrected chi connectivity index (χ2v) is 8.46. The highest BCUT2D eigenvalue weighted by Crippen LogP contribution is 2.27. The summed E-state index contributed by atoms with van der Waals surface area (Å²) in [6, 6.07) is 16.6. The molecule has 36 heavy (non-hydrogen) atoms. The Kier molecular flexibility index (Phi) is 7.80. The Labute approximate surface area is 212 Å². The summed E-state index contributed by atoms with van der Waals surface area (Å²) in [6.45, 7) is 3.85. The third-order valence-corrected chi connectivity index (χ3v) is 5.66. The number of nitrogens with one attached hydrogen (secondary N) is 1. The minimum Gasteiger partial charge on any atom is -0.465 e. The number of carbonyl (C=O) groups excluding carboxylic acids is 2. The number of anilines is 1. The van der Waals surface area contributed by atoms with Gasteiger partial charge in [-0.15, -0.1) is 0 Å². The molecule has 2 aromatic carbocycles. The third-order valence-electron chi connectivity index (χ3n) is 5.40. The van der Waals surface area contributed by atoms with Crippen LogP contribution in [0.15, 0.2) is 65.7 Å². The second-order valence-electron chi connectivity index (χ2n) is 8.03. The molecule has 0 fully saturated rings. The second kappa shape index (κ2) is 11.2. The van der Waals surface area contributed by atoms with E-state index in [0.717, 1.165) is 11.1 Å². The fourth-order valence-electron chi connectivity index (χ4n) is 3.61. The maximum atomic E-state index is 13.4. The maximum Gasteiger partial charge on any atom is 0.320 e. The lowest BCUT2D eigenvalue weighted by Gasteiger charge is -2.31. The fraction of sp³-hybridized carbons (Fsp3) is 0.231. The van der Waals surface area contributed by atoms with Gasteiger partial charge in [-0.1, -0.05) is 29.8 Å². The van der Waals surface area contributed by atoms with Crippen LogP contribution in [0.1, 0.15) is 18.1 Å². The summed E-state index contributed by atoms with van der Waals surface area (Å²) in [7, 11) is 0. The van der Waals surface area contributed by atoms with Gasteiger partial charge in [0.1, 0.15) is 5.75 Å². The third kappa shape index (κ3) is 5.98. The van der Waals surface area contributed by atoms with E-state index in [-0.39, 0.29) is 25.6 Å². The molecule has 1 N–H and O–H groups in total. The number of rotatable bonds is 7. The van der Waals surface area contributed by atoms with Gasteiger partial charge >= 0.3 is 5.97 Å². The summed E-state index contributed by atoms with van der Waals surface area (Å²) >= 11 is 5.99. The topological polar surface area (TPSA) is 93.1 Å². The molecule has 1 unspecified atom stereocenters. The average molecular weight is 511 g/mol. The van der Waals surface area contributed by atoms with Crippen molar-refractivity contribution in [2.45, 2.75) is 20.4 Å². The number of hydrogen-bond acceptors (Lipinski definition) is 7. The molecule has 2 heterocycles. The molecule has 0 aliphatic carbocycles. The maximum absolute atomic E-state index is 13.4. The van der Waals surface area contributed by atoms with Gasteiger partial charge in [0.25, 0.3) is 0 Å². The number of ether oxygens (including phenoxy) is 2. The largest absolute Gasteiger partial charge is 0.465 e. The number of esters is 1. The molecule has 1 atom stereocenters. The highest BCUT2D eigenvalue weighted by atomic mass is 35.5. The number of aryl methyl sites for hydroxylation is 1. The minimum atomic E-state index is -1.01. The summed E-state index contributed by atoms with van der Waals surface area (Å²) in [5.74, 6) is -1.72. The van der Waals surface area contributed by atoms with Crippen molar-refractivity contribution in [2.24, 2.45) is 10.9 Å². The summed E-state index contributed by atoms with van der Waals surface area (Å²) in [6.07, 6.45) is 0. The Morgan fingerprint density at radius 1 is 1.19 bits per heavy atom. The molecule has 1 aromatic heterocycles. The van der Waals surface area contributed by atoms with Crippen LogP contribution >= 0.6 is 11.6 Å². The summed E-state index contributed by atoms with van der Waals surface area (Å²) in [5.41, 5.74) is 2.21. The van der Waals surface area contributed by atoms with Crippen LogP contribution in [0.4, 0.5) is 10.1 Å². The number of aromatic nitrogens is 1. The first-order valence-electron chi connectivity index (χ1n) is 11.3. The van der Waals surface area contributed by atoms with Gasteiger partial charge in [-0.2, -0.15) is 9.37 Å². The number of guanidine groups is 1. The lowest BCUT2D eigenvalue weighted by Crippen LogP contribution is -2.50. The molecule has 1 aliphatic rings. The lowest BCUT2D eigenvalue weighted by molar-refractivity contribution is -0.154. The van der Waals surface area contributed by atoms with Crippen LogP contribution in [0, 0.1) is 18.8 Å². The predicted octanol–water partition coefficient (Wildman–Crippen LogP) is 4.96. The van der Waals surface area contributed by atoms with Crippen molar-refractivity contribution < 1.29 is 23.5 Å². The molecule has 3 aromatic rings. The number of benzene rings is 2. The van der Waals surface area contributed by atoms with Gasteiger partial charge in [0.2, 0.25) is 23.7 Å². The molecule has 4 rings (SSSR count). The summed E-state index contributed by atoms with van der Waals surface area (Å²) in [4.78, 5) is 35.3. The first-order chi connectivity index (χ1) is 17.3. The summed E-state index contributed by atoms with van der Waals surface area (Å²) < 4.78 is 24.1. The van der Waals surface area contributed by atoms with Crippen molar-refractivity contribution >= 4 is 35.1 Å². The molecule has 0 saturated carbocycles. The molecule has 186 valence electrons.